The minimum atomic E-state index is -0.285. The third-order valence-electron chi connectivity index (χ3n) is 3.18. The summed E-state index contributed by atoms with van der Waals surface area (Å²) in [5, 5.41) is 5.28. The molecule has 0 fully saturated rings. The van der Waals surface area contributed by atoms with Gasteiger partial charge in [0.2, 0.25) is 0 Å². The van der Waals surface area contributed by atoms with Crippen LogP contribution in [-0.4, -0.2) is 10.9 Å². The fourth-order valence-electron chi connectivity index (χ4n) is 2.15. The van der Waals surface area contributed by atoms with E-state index in [4.69, 9.17) is 23.2 Å². The number of halogens is 2. The number of carbonyl (C=O) groups is 1. The minimum Gasteiger partial charge on any atom is -0.312 e. The van der Waals surface area contributed by atoms with E-state index in [0.29, 0.717) is 20.6 Å². The number of benzene rings is 2. The summed E-state index contributed by atoms with van der Waals surface area (Å²) in [5.74, 6) is -0.285. The second kappa shape index (κ2) is 6.71. The maximum Gasteiger partial charge on any atom is 0.257 e. The van der Waals surface area contributed by atoms with Crippen molar-refractivity contribution in [1.29, 1.82) is 0 Å². The highest BCUT2D eigenvalue weighted by Crippen LogP contribution is 2.33. The van der Waals surface area contributed by atoms with Gasteiger partial charge in [0.25, 0.3) is 5.91 Å². The molecule has 0 aliphatic rings. The van der Waals surface area contributed by atoms with Crippen LogP contribution >= 0.6 is 34.5 Å². The first-order valence-electron chi connectivity index (χ1n) is 6.84. The van der Waals surface area contributed by atoms with Crippen LogP contribution in [0.15, 0.2) is 48.5 Å². The molecule has 1 N–H and O–H groups in total. The lowest BCUT2D eigenvalue weighted by Crippen LogP contribution is -2.12. The molecule has 3 nitrogen and oxygen atoms in total. The normalized spacial score (nSPS) is 10.6. The number of hydrogen-bond donors (Lipinski definition) is 1. The van der Waals surface area contributed by atoms with E-state index in [9.17, 15) is 4.79 Å². The molecule has 23 heavy (non-hydrogen) atoms. The Hall–Kier alpha value is -1.88. The van der Waals surface area contributed by atoms with Crippen LogP contribution in [0.4, 0.5) is 5.00 Å². The number of carbonyl (C=O) groups excluding carboxylic acids is 1. The minimum absolute atomic E-state index is 0.285. The summed E-state index contributed by atoms with van der Waals surface area (Å²) >= 11 is 13.4. The Morgan fingerprint density at radius 2 is 1.87 bits per heavy atom. The van der Waals surface area contributed by atoms with Crippen molar-refractivity contribution in [3.05, 3.63) is 69.1 Å². The first-order chi connectivity index (χ1) is 11.0. The number of thiazole rings is 1. The van der Waals surface area contributed by atoms with Gasteiger partial charge in [-0.15, -0.1) is 11.3 Å². The molecule has 116 valence electrons. The average Bonchev–Trinajstić information content (AvgIpc) is 2.88. The number of aryl methyl sites for hydroxylation is 1. The van der Waals surface area contributed by atoms with Gasteiger partial charge in [-0.3, -0.25) is 4.79 Å². The van der Waals surface area contributed by atoms with Crippen molar-refractivity contribution in [3.63, 3.8) is 0 Å². The summed E-state index contributed by atoms with van der Waals surface area (Å²) in [4.78, 5) is 17.0. The molecule has 0 saturated carbocycles. The van der Waals surface area contributed by atoms with E-state index in [0.717, 1.165) is 16.3 Å². The maximum absolute atomic E-state index is 12.5. The van der Waals surface area contributed by atoms with Gasteiger partial charge >= 0.3 is 0 Å². The standard InChI is InChI=1S/C17H12Cl2N2OS/c1-10-20-15(11-5-3-2-4-6-11)17(23-10)21-16(22)13-8-7-12(18)9-14(13)19/h2-9H,1H3,(H,21,22). The summed E-state index contributed by atoms with van der Waals surface area (Å²) in [6.45, 7) is 1.90. The van der Waals surface area contributed by atoms with Crippen molar-refractivity contribution >= 4 is 45.4 Å². The van der Waals surface area contributed by atoms with E-state index < -0.39 is 0 Å². The lowest BCUT2D eigenvalue weighted by molar-refractivity contribution is 0.102. The topological polar surface area (TPSA) is 42.0 Å². The predicted molar refractivity (Wildman–Crippen MR) is 96.7 cm³/mol. The number of nitrogens with one attached hydrogen (secondary N) is 1. The molecule has 1 heterocycles. The SMILES string of the molecule is Cc1nc(-c2ccccc2)c(NC(=O)c2ccc(Cl)cc2Cl)s1. The van der Waals surface area contributed by atoms with Crippen molar-refractivity contribution < 1.29 is 4.79 Å². The maximum atomic E-state index is 12.5. The predicted octanol–water partition coefficient (Wildman–Crippen LogP) is 5.68. The van der Waals surface area contributed by atoms with Gasteiger partial charge in [0.05, 0.1) is 15.6 Å². The van der Waals surface area contributed by atoms with Crippen molar-refractivity contribution in [2.24, 2.45) is 0 Å². The van der Waals surface area contributed by atoms with Gasteiger partial charge in [0.15, 0.2) is 0 Å². The zero-order valence-electron chi connectivity index (χ0n) is 12.1. The second-order valence-electron chi connectivity index (χ2n) is 4.85. The fraction of sp³-hybridized carbons (Fsp3) is 0.0588. The van der Waals surface area contributed by atoms with Gasteiger partial charge in [-0.05, 0) is 25.1 Å². The van der Waals surface area contributed by atoms with Gasteiger partial charge < -0.3 is 5.32 Å². The van der Waals surface area contributed by atoms with Gasteiger partial charge in [-0.25, -0.2) is 4.98 Å². The van der Waals surface area contributed by atoms with E-state index in [-0.39, 0.29) is 5.91 Å². The molecule has 0 atom stereocenters. The summed E-state index contributed by atoms with van der Waals surface area (Å²) in [6.07, 6.45) is 0. The highest BCUT2D eigenvalue weighted by Gasteiger charge is 2.16. The van der Waals surface area contributed by atoms with E-state index in [1.54, 1.807) is 18.2 Å². The third-order valence-corrected chi connectivity index (χ3v) is 4.62. The molecule has 3 aromatic rings. The molecule has 0 unspecified atom stereocenters. The van der Waals surface area contributed by atoms with Crippen molar-refractivity contribution in [2.45, 2.75) is 6.92 Å². The monoisotopic (exact) mass is 362 g/mol. The molecule has 0 aliphatic carbocycles. The Balaban J connectivity index is 1.93. The Bertz CT molecular complexity index is 862. The zero-order chi connectivity index (χ0) is 16.4. The molecule has 0 radical (unpaired) electrons. The van der Waals surface area contributed by atoms with Crippen molar-refractivity contribution in [3.8, 4) is 11.3 Å². The van der Waals surface area contributed by atoms with Crippen LogP contribution in [0, 0.1) is 6.92 Å². The van der Waals surface area contributed by atoms with Crippen LogP contribution in [-0.2, 0) is 0 Å². The molecule has 0 spiro atoms. The second-order valence-corrected chi connectivity index (χ2v) is 6.90. The molecule has 1 aromatic heterocycles. The van der Waals surface area contributed by atoms with Gasteiger partial charge in [0, 0.05) is 10.6 Å². The van der Waals surface area contributed by atoms with E-state index in [1.807, 2.05) is 37.3 Å². The number of amides is 1. The smallest absolute Gasteiger partial charge is 0.257 e. The first kappa shape index (κ1) is 16.0. The summed E-state index contributed by atoms with van der Waals surface area (Å²) in [6, 6.07) is 14.5. The molecule has 0 bridgehead atoms. The average molecular weight is 363 g/mol. The Morgan fingerprint density at radius 1 is 1.13 bits per heavy atom. The van der Waals surface area contributed by atoms with Crippen LogP contribution in [0.5, 0.6) is 0 Å². The van der Waals surface area contributed by atoms with Crippen LogP contribution in [0.25, 0.3) is 11.3 Å². The van der Waals surface area contributed by atoms with Gasteiger partial charge in [-0.1, -0.05) is 53.5 Å². The lowest BCUT2D eigenvalue weighted by Gasteiger charge is -2.07. The number of rotatable bonds is 3. The Morgan fingerprint density at radius 3 is 2.57 bits per heavy atom. The fourth-order valence-corrected chi connectivity index (χ4v) is 3.48. The molecule has 6 heteroatoms. The van der Waals surface area contributed by atoms with E-state index >= 15 is 0 Å². The summed E-state index contributed by atoms with van der Waals surface area (Å²) in [5.41, 5.74) is 2.09. The van der Waals surface area contributed by atoms with Crippen LogP contribution in [0.3, 0.4) is 0 Å². The molecule has 0 saturated heterocycles. The molecular formula is C17H12Cl2N2OS. The molecule has 0 aliphatic heterocycles. The number of aromatic nitrogens is 1. The molecular weight excluding hydrogens is 351 g/mol. The highest BCUT2D eigenvalue weighted by molar-refractivity contribution is 7.16. The Kier molecular flexibility index (Phi) is 4.66. The van der Waals surface area contributed by atoms with Crippen LogP contribution in [0.2, 0.25) is 10.0 Å². The highest BCUT2D eigenvalue weighted by atomic mass is 35.5. The molecule has 3 rings (SSSR count). The van der Waals surface area contributed by atoms with Gasteiger partial charge in [0.1, 0.15) is 10.7 Å². The number of nitrogens with zero attached hydrogens (tertiary/aromatic N) is 1. The van der Waals surface area contributed by atoms with Crippen molar-refractivity contribution in [1.82, 2.24) is 4.98 Å². The van der Waals surface area contributed by atoms with E-state index in [1.165, 1.54) is 11.3 Å². The van der Waals surface area contributed by atoms with Crippen LogP contribution < -0.4 is 5.32 Å². The molecule has 2 aromatic carbocycles. The first-order valence-corrected chi connectivity index (χ1v) is 8.41. The van der Waals surface area contributed by atoms with E-state index in [2.05, 4.69) is 10.3 Å². The largest absolute Gasteiger partial charge is 0.312 e. The zero-order valence-corrected chi connectivity index (χ0v) is 14.5. The summed E-state index contributed by atoms with van der Waals surface area (Å²) in [7, 11) is 0. The Labute approximate surface area is 147 Å². The third kappa shape index (κ3) is 3.55. The van der Waals surface area contributed by atoms with Gasteiger partial charge in [-0.2, -0.15) is 0 Å². The van der Waals surface area contributed by atoms with Crippen LogP contribution in [0.1, 0.15) is 15.4 Å². The number of hydrogen-bond acceptors (Lipinski definition) is 3. The molecule has 1 amide bonds. The quantitative estimate of drug-likeness (QED) is 0.651. The number of anilines is 1. The van der Waals surface area contributed by atoms with Crippen molar-refractivity contribution in [2.75, 3.05) is 5.32 Å². The summed E-state index contributed by atoms with van der Waals surface area (Å²) < 4.78 is 0. The lowest BCUT2D eigenvalue weighted by atomic mass is 10.1.